The van der Waals surface area contributed by atoms with Crippen LogP contribution < -0.4 is 10.5 Å². The minimum atomic E-state index is -3.68. The summed E-state index contributed by atoms with van der Waals surface area (Å²) in [5, 5.41) is 0. The van der Waals surface area contributed by atoms with Crippen LogP contribution in [0.5, 0.6) is 5.75 Å². The Bertz CT molecular complexity index is 546. The zero-order valence-corrected chi connectivity index (χ0v) is 10.5. The number of anilines is 1. The smallest absolute Gasteiger partial charge is 0.247 e. The average Bonchev–Trinajstić information content (AvgIpc) is 2.29. The van der Waals surface area contributed by atoms with Crippen LogP contribution in [0.1, 0.15) is 0 Å². The molecule has 0 aliphatic rings. The minimum Gasteiger partial charge on any atom is -0.495 e. The first kappa shape index (κ1) is 13.4. The van der Waals surface area contributed by atoms with Gasteiger partial charge in [0, 0.05) is 12.7 Å². The van der Waals surface area contributed by atoms with Crippen molar-refractivity contribution in [3.8, 4) is 18.1 Å². The van der Waals surface area contributed by atoms with Crippen molar-refractivity contribution in [1.82, 2.24) is 4.31 Å². The highest BCUT2D eigenvalue weighted by Gasteiger charge is 2.24. The quantitative estimate of drug-likeness (QED) is 0.628. The van der Waals surface area contributed by atoms with E-state index in [1.807, 2.05) is 0 Å². The molecule has 0 spiro atoms. The summed E-state index contributed by atoms with van der Waals surface area (Å²) in [6, 6.07) is 4.42. The van der Waals surface area contributed by atoms with Gasteiger partial charge in [0.1, 0.15) is 10.6 Å². The zero-order chi connectivity index (χ0) is 13.1. The van der Waals surface area contributed by atoms with Crippen LogP contribution in [0.4, 0.5) is 5.69 Å². The second-order valence-corrected chi connectivity index (χ2v) is 5.39. The first-order valence-corrected chi connectivity index (χ1v) is 6.20. The molecule has 0 aliphatic heterocycles. The Morgan fingerprint density at radius 3 is 2.71 bits per heavy atom. The average molecular weight is 254 g/mol. The van der Waals surface area contributed by atoms with Crippen molar-refractivity contribution in [3.05, 3.63) is 18.2 Å². The number of rotatable bonds is 4. The van der Waals surface area contributed by atoms with Crippen LogP contribution in [0.2, 0.25) is 0 Å². The number of ether oxygens (including phenoxy) is 1. The molecule has 1 aromatic carbocycles. The van der Waals surface area contributed by atoms with E-state index in [1.54, 1.807) is 6.07 Å². The molecule has 17 heavy (non-hydrogen) atoms. The summed E-state index contributed by atoms with van der Waals surface area (Å²) in [5.41, 5.74) is 5.92. The Labute approximate surface area is 101 Å². The molecular formula is C11H14N2O3S. The van der Waals surface area contributed by atoms with Crippen LogP contribution in [0, 0.1) is 12.3 Å². The molecule has 2 N–H and O–H groups in total. The van der Waals surface area contributed by atoms with Crippen molar-refractivity contribution in [2.75, 3.05) is 26.4 Å². The predicted molar refractivity (Wildman–Crippen MR) is 66.1 cm³/mol. The van der Waals surface area contributed by atoms with Crippen LogP contribution in [-0.2, 0) is 10.0 Å². The summed E-state index contributed by atoms with van der Waals surface area (Å²) in [6.07, 6.45) is 5.09. The van der Waals surface area contributed by atoms with Gasteiger partial charge in [-0.15, -0.1) is 6.42 Å². The number of hydrogen-bond acceptors (Lipinski definition) is 4. The number of methoxy groups -OCH3 is 1. The molecule has 6 heteroatoms. The SMILES string of the molecule is C#CCN(C)S(=O)(=O)c1cc(N)ccc1OC. The summed E-state index contributed by atoms with van der Waals surface area (Å²) < 4.78 is 30.4. The molecular weight excluding hydrogens is 240 g/mol. The molecule has 0 amide bonds. The van der Waals surface area contributed by atoms with Crippen molar-refractivity contribution in [2.45, 2.75) is 4.90 Å². The molecule has 0 aromatic heterocycles. The fourth-order valence-corrected chi connectivity index (χ4v) is 2.55. The van der Waals surface area contributed by atoms with Crippen molar-refractivity contribution >= 4 is 15.7 Å². The van der Waals surface area contributed by atoms with Crippen LogP contribution >= 0.6 is 0 Å². The minimum absolute atomic E-state index is 0.0118. The fourth-order valence-electron chi connectivity index (χ4n) is 1.28. The van der Waals surface area contributed by atoms with E-state index < -0.39 is 10.0 Å². The maximum absolute atomic E-state index is 12.1. The first-order valence-electron chi connectivity index (χ1n) is 4.76. The lowest BCUT2D eigenvalue weighted by Crippen LogP contribution is -2.27. The standard InChI is InChI=1S/C11H14N2O3S/c1-4-7-13(2)17(14,15)11-8-9(12)5-6-10(11)16-3/h1,5-6,8H,7,12H2,2-3H3. The molecule has 1 aromatic rings. The number of terminal acetylenes is 1. The van der Waals surface area contributed by atoms with Gasteiger partial charge >= 0.3 is 0 Å². The zero-order valence-electron chi connectivity index (χ0n) is 9.67. The molecule has 0 radical (unpaired) electrons. The van der Waals surface area contributed by atoms with Crippen LogP contribution in [-0.4, -0.2) is 33.4 Å². The molecule has 0 unspecified atom stereocenters. The number of nitrogen functional groups attached to an aromatic ring is 1. The summed E-state index contributed by atoms with van der Waals surface area (Å²) in [6.45, 7) is -0.0136. The first-order chi connectivity index (χ1) is 7.93. The van der Waals surface area contributed by atoms with E-state index in [2.05, 4.69) is 5.92 Å². The van der Waals surface area contributed by atoms with Gasteiger partial charge in [0.15, 0.2) is 0 Å². The van der Waals surface area contributed by atoms with Crippen molar-refractivity contribution in [2.24, 2.45) is 0 Å². The van der Waals surface area contributed by atoms with Gasteiger partial charge in [-0.2, -0.15) is 4.31 Å². The lowest BCUT2D eigenvalue weighted by atomic mass is 10.3. The molecule has 92 valence electrons. The summed E-state index contributed by atoms with van der Waals surface area (Å²) in [4.78, 5) is 0.0118. The number of nitrogens with zero attached hydrogens (tertiary/aromatic N) is 1. The number of hydrogen-bond donors (Lipinski definition) is 1. The number of benzene rings is 1. The Hall–Kier alpha value is -1.71. The third kappa shape index (κ3) is 2.70. The summed E-state index contributed by atoms with van der Waals surface area (Å²) in [7, 11) is -0.885. The van der Waals surface area contributed by atoms with E-state index in [0.717, 1.165) is 4.31 Å². The Morgan fingerprint density at radius 2 is 2.18 bits per heavy atom. The van der Waals surface area contributed by atoms with Gasteiger partial charge in [0.05, 0.1) is 13.7 Å². The van der Waals surface area contributed by atoms with Gasteiger partial charge in [0.2, 0.25) is 10.0 Å². The third-order valence-electron chi connectivity index (χ3n) is 2.19. The topological polar surface area (TPSA) is 72.6 Å². The van der Waals surface area contributed by atoms with E-state index in [4.69, 9.17) is 16.9 Å². The Kier molecular flexibility index (Phi) is 3.99. The summed E-state index contributed by atoms with van der Waals surface area (Å²) in [5.74, 6) is 2.51. The molecule has 0 saturated heterocycles. The second-order valence-electron chi connectivity index (χ2n) is 3.38. The molecule has 5 nitrogen and oxygen atoms in total. The summed E-state index contributed by atoms with van der Waals surface area (Å²) >= 11 is 0. The largest absolute Gasteiger partial charge is 0.495 e. The molecule has 0 bridgehead atoms. The van der Waals surface area contributed by atoms with Gasteiger partial charge in [-0.05, 0) is 18.2 Å². The lowest BCUT2D eigenvalue weighted by molar-refractivity contribution is 0.400. The molecule has 0 atom stereocenters. The highest BCUT2D eigenvalue weighted by molar-refractivity contribution is 7.89. The van der Waals surface area contributed by atoms with Crippen LogP contribution in [0.25, 0.3) is 0 Å². The number of sulfonamides is 1. The Morgan fingerprint density at radius 1 is 1.53 bits per heavy atom. The highest BCUT2D eigenvalue weighted by atomic mass is 32.2. The fraction of sp³-hybridized carbons (Fsp3) is 0.273. The molecule has 0 heterocycles. The van der Waals surface area contributed by atoms with E-state index in [0.29, 0.717) is 5.69 Å². The van der Waals surface area contributed by atoms with E-state index in [1.165, 1.54) is 26.3 Å². The van der Waals surface area contributed by atoms with Crippen molar-refractivity contribution < 1.29 is 13.2 Å². The third-order valence-corrected chi connectivity index (χ3v) is 4.01. The monoisotopic (exact) mass is 254 g/mol. The second kappa shape index (κ2) is 5.08. The maximum Gasteiger partial charge on any atom is 0.247 e. The maximum atomic E-state index is 12.1. The lowest BCUT2D eigenvalue weighted by Gasteiger charge is -2.16. The van der Waals surface area contributed by atoms with E-state index in [9.17, 15) is 8.42 Å². The van der Waals surface area contributed by atoms with Gasteiger partial charge in [0.25, 0.3) is 0 Å². The normalized spacial score (nSPS) is 11.2. The highest BCUT2D eigenvalue weighted by Crippen LogP contribution is 2.27. The van der Waals surface area contributed by atoms with E-state index in [-0.39, 0.29) is 17.2 Å². The van der Waals surface area contributed by atoms with E-state index >= 15 is 0 Å². The van der Waals surface area contributed by atoms with Crippen molar-refractivity contribution in [1.29, 1.82) is 0 Å². The van der Waals surface area contributed by atoms with Crippen LogP contribution in [0.15, 0.2) is 23.1 Å². The molecule has 0 saturated carbocycles. The molecule has 0 aliphatic carbocycles. The Balaban J connectivity index is 3.33. The van der Waals surface area contributed by atoms with Gasteiger partial charge in [-0.25, -0.2) is 8.42 Å². The van der Waals surface area contributed by atoms with Gasteiger partial charge in [-0.1, -0.05) is 5.92 Å². The molecule has 0 fully saturated rings. The van der Waals surface area contributed by atoms with Gasteiger partial charge < -0.3 is 10.5 Å². The van der Waals surface area contributed by atoms with Crippen molar-refractivity contribution in [3.63, 3.8) is 0 Å². The van der Waals surface area contributed by atoms with Gasteiger partial charge in [-0.3, -0.25) is 0 Å². The van der Waals surface area contributed by atoms with Crippen LogP contribution in [0.3, 0.4) is 0 Å². The predicted octanol–water partition coefficient (Wildman–Crippen LogP) is 0.531. The number of nitrogens with two attached hydrogens (primary N) is 1. The molecule has 1 rings (SSSR count).